The van der Waals surface area contributed by atoms with Crippen LogP contribution in [0.1, 0.15) is 28.3 Å². The minimum atomic E-state index is -0.219. The number of nitrogens with two attached hydrogens (primary N) is 1. The van der Waals surface area contributed by atoms with Crippen LogP contribution in [0.25, 0.3) is 0 Å². The lowest BCUT2D eigenvalue weighted by atomic mass is 10.1. The van der Waals surface area contributed by atoms with E-state index < -0.39 is 0 Å². The molecule has 4 nitrogen and oxygen atoms in total. The first-order valence-electron chi connectivity index (χ1n) is 7.75. The SMILES string of the molecule is Cc1cc(C)c(OCC(=O)NCC(N)c2ccccc2)c(C)c1. The predicted molar refractivity (Wildman–Crippen MR) is 92.5 cm³/mol. The fraction of sp³-hybridized carbons (Fsp3) is 0.316. The minimum absolute atomic E-state index is 0.00769. The van der Waals surface area contributed by atoms with Gasteiger partial charge < -0.3 is 15.8 Å². The molecule has 1 amide bonds. The molecule has 0 fully saturated rings. The van der Waals surface area contributed by atoms with E-state index >= 15 is 0 Å². The van der Waals surface area contributed by atoms with Crippen LogP contribution < -0.4 is 15.8 Å². The zero-order chi connectivity index (χ0) is 16.8. The fourth-order valence-electron chi connectivity index (χ4n) is 2.63. The number of hydrogen-bond donors (Lipinski definition) is 2. The number of nitrogens with one attached hydrogen (secondary N) is 1. The normalized spacial score (nSPS) is 11.8. The molecular formula is C19H24N2O2. The highest BCUT2D eigenvalue weighted by Gasteiger charge is 2.10. The van der Waals surface area contributed by atoms with Crippen LogP contribution in [-0.4, -0.2) is 19.1 Å². The van der Waals surface area contributed by atoms with Gasteiger partial charge in [-0.15, -0.1) is 0 Å². The van der Waals surface area contributed by atoms with Crippen LogP contribution in [0.5, 0.6) is 5.75 Å². The van der Waals surface area contributed by atoms with Crippen LogP contribution in [0.4, 0.5) is 0 Å². The Morgan fingerprint density at radius 1 is 1.13 bits per heavy atom. The first-order chi connectivity index (χ1) is 11.0. The lowest BCUT2D eigenvalue weighted by Crippen LogP contribution is -2.35. The molecule has 2 aromatic rings. The predicted octanol–water partition coefficient (Wildman–Crippen LogP) is 2.81. The Balaban J connectivity index is 1.84. The number of ether oxygens (including phenoxy) is 1. The number of rotatable bonds is 6. The van der Waals surface area contributed by atoms with Crippen molar-refractivity contribution >= 4 is 5.91 Å². The van der Waals surface area contributed by atoms with Crippen LogP contribution in [0.2, 0.25) is 0 Å². The molecule has 2 rings (SSSR count). The van der Waals surface area contributed by atoms with Crippen LogP contribution in [0.3, 0.4) is 0 Å². The second-order valence-corrected chi connectivity index (χ2v) is 5.84. The van der Waals surface area contributed by atoms with Gasteiger partial charge in [-0.3, -0.25) is 4.79 Å². The zero-order valence-electron chi connectivity index (χ0n) is 13.9. The molecule has 0 aliphatic rings. The summed E-state index contributed by atoms with van der Waals surface area (Å²) in [7, 11) is 0. The first kappa shape index (κ1) is 17.0. The van der Waals surface area contributed by atoms with Gasteiger partial charge in [0.1, 0.15) is 5.75 Å². The van der Waals surface area contributed by atoms with Gasteiger partial charge in [-0.1, -0.05) is 48.0 Å². The molecule has 1 unspecified atom stereocenters. The standard InChI is InChI=1S/C19H24N2O2/c1-13-9-14(2)19(15(3)10-13)23-12-18(22)21-11-17(20)16-7-5-4-6-8-16/h4-10,17H,11-12,20H2,1-3H3,(H,21,22). The first-order valence-corrected chi connectivity index (χ1v) is 7.75. The van der Waals surface area contributed by atoms with Crippen LogP contribution in [-0.2, 0) is 4.79 Å². The van der Waals surface area contributed by atoms with Crippen molar-refractivity contribution in [3.05, 3.63) is 64.7 Å². The van der Waals surface area contributed by atoms with E-state index in [0.29, 0.717) is 6.54 Å². The van der Waals surface area contributed by atoms with Crippen molar-refractivity contribution in [3.8, 4) is 5.75 Å². The minimum Gasteiger partial charge on any atom is -0.483 e. The largest absolute Gasteiger partial charge is 0.483 e. The van der Waals surface area contributed by atoms with Crippen molar-refractivity contribution in [2.75, 3.05) is 13.2 Å². The molecule has 122 valence electrons. The molecule has 0 aliphatic heterocycles. The second kappa shape index (κ2) is 7.79. The summed E-state index contributed by atoms with van der Waals surface area (Å²) >= 11 is 0. The maximum absolute atomic E-state index is 12.0. The number of hydrogen-bond acceptors (Lipinski definition) is 3. The molecule has 0 saturated carbocycles. The topological polar surface area (TPSA) is 64.3 Å². The summed E-state index contributed by atoms with van der Waals surface area (Å²) in [6, 6.07) is 13.6. The molecule has 0 radical (unpaired) electrons. The third kappa shape index (κ3) is 4.83. The molecule has 0 saturated heterocycles. The van der Waals surface area contributed by atoms with Gasteiger partial charge in [0.15, 0.2) is 6.61 Å². The van der Waals surface area contributed by atoms with E-state index in [2.05, 4.69) is 5.32 Å². The van der Waals surface area contributed by atoms with E-state index in [9.17, 15) is 4.79 Å². The smallest absolute Gasteiger partial charge is 0.258 e. The third-order valence-electron chi connectivity index (χ3n) is 3.70. The summed E-state index contributed by atoms with van der Waals surface area (Å²) in [5.74, 6) is 0.605. The third-order valence-corrected chi connectivity index (χ3v) is 3.70. The Kier molecular flexibility index (Phi) is 5.77. The molecule has 3 N–H and O–H groups in total. The quantitative estimate of drug-likeness (QED) is 0.862. The average Bonchev–Trinajstić information content (AvgIpc) is 2.52. The van der Waals surface area contributed by atoms with E-state index in [0.717, 1.165) is 22.4 Å². The van der Waals surface area contributed by atoms with Gasteiger partial charge in [0.05, 0.1) is 0 Å². The molecule has 0 aromatic heterocycles. The van der Waals surface area contributed by atoms with Crippen LogP contribution >= 0.6 is 0 Å². The summed E-state index contributed by atoms with van der Waals surface area (Å²) in [5.41, 5.74) is 10.3. The molecule has 0 heterocycles. The Morgan fingerprint density at radius 2 is 1.74 bits per heavy atom. The van der Waals surface area contributed by atoms with E-state index in [1.165, 1.54) is 5.56 Å². The van der Waals surface area contributed by atoms with Gasteiger partial charge in [0.25, 0.3) is 5.91 Å². The summed E-state index contributed by atoms with van der Waals surface area (Å²) in [5, 5.41) is 2.81. The molecule has 4 heteroatoms. The highest BCUT2D eigenvalue weighted by Crippen LogP contribution is 2.24. The summed E-state index contributed by atoms with van der Waals surface area (Å²) in [6.45, 7) is 6.39. The van der Waals surface area contributed by atoms with Gasteiger partial charge in [-0.05, 0) is 37.5 Å². The molecule has 23 heavy (non-hydrogen) atoms. The number of benzene rings is 2. The zero-order valence-corrected chi connectivity index (χ0v) is 13.9. The highest BCUT2D eigenvalue weighted by atomic mass is 16.5. The van der Waals surface area contributed by atoms with Crippen molar-refractivity contribution in [1.82, 2.24) is 5.32 Å². The number of aryl methyl sites for hydroxylation is 3. The summed E-state index contributed by atoms with van der Waals surface area (Å²) < 4.78 is 5.67. The fourth-order valence-corrected chi connectivity index (χ4v) is 2.63. The maximum Gasteiger partial charge on any atom is 0.258 e. The highest BCUT2D eigenvalue weighted by molar-refractivity contribution is 5.77. The van der Waals surface area contributed by atoms with Crippen molar-refractivity contribution in [3.63, 3.8) is 0 Å². The van der Waals surface area contributed by atoms with Gasteiger partial charge >= 0.3 is 0 Å². The molecule has 1 atom stereocenters. The Bertz CT molecular complexity index is 645. The molecule has 2 aromatic carbocycles. The van der Waals surface area contributed by atoms with Gasteiger partial charge in [0.2, 0.25) is 0 Å². The van der Waals surface area contributed by atoms with Gasteiger partial charge in [-0.25, -0.2) is 0 Å². The Morgan fingerprint density at radius 3 is 2.35 bits per heavy atom. The molecular weight excluding hydrogens is 288 g/mol. The van der Waals surface area contributed by atoms with Crippen molar-refractivity contribution in [1.29, 1.82) is 0 Å². The lowest BCUT2D eigenvalue weighted by Gasteiger charge is -2.15. The summed E-state index contributed by atoms with van der Waals surface area (Å²) in [6.07, 6.45) is 0. The maximum atomic E-state index is 12.0. The molecule has 0 bridgehead atoms. The number of amides is 1. The Labute approximate surface area is 137 Å². The second-order valence-electron chi connectivity index (χ2n) is 5.84. The van der Waals surface area contributed by atoms with E-state index in [-0.39, 0.29) is 18.6 Å². The van der Waals surface area contributed by atoms with Crippen molar-refractivity contribution in [2.45, 2.75) is 26.8 Å². The van der Waals surface area contributed by atoms with Crippen molar-refractivity contribution in [2.24, 2.45) is 5.73 Å². The van der Waals surface area contributed by atoms with E-state index in [1.54, 1.807) is 0 Å². The number of carbonyl (C=O) groups excluding carboxylic acids is 1. The molecule has 0 spiro atoms. The van der Waals surface area contributed by atoms with Crippen molar-refractivity contribution < 1.29 is 9.53 Å². The van der Waals surface area contributed by atoms with E-state index in [4.69, 9.17) is 10.5 Å². The molecule has 0 aliphatic carbocycles. The van der Waals surface area contributed by atoms with Crippen LogP contribution in [0.15, 0.2) is 42.5 Å². The average molecular weight is 312 g/mol. The van der Waals surface area contributed by atoms with E-state index in [1.807, 2.05) is 63.2 Å². The Hall–Kier alpha value is -2.33. The van der Waals surface area contributed by atoms with Crippen LogP contribution in [0, 0.1) is 20.8 Å². The number of carbonyl (C=O) groups is 1. The summed E-state index contributed by atoms with van der Waals surface area (Å²) in [4.78, 5) is 12.0. The lowest BCUT2D eigenvalue weighted by molar-refractivity contribution is -0.123. The monoisotopic (exact) mass is 312 g/mol. The van der Waals surface area contributed by atoms with Gasteiger partial charge in [-0.2, -0.15) is 0 Å². The van der Waals surface area contributed by atoms with Gasteiger partial charge in [0, 0.05) is 12.6 Å².